The van der Waals surface area contributed by atoms with Crippen molar-refractivity contribution < 1.29 is 14.7 Å². The highest BCUT2D eigenvalue weighted by atomic mass is 32.1. The Morgan fingerprint density at radius 2 is 1.90 bits per heavy atom. The second-order valence-corrected chi connectivity index (χ2v) is 8.03. The highest BCUT2D eigenvalue weighted by Crippen LogP contribution is 2.25. The van der Waals surface area contributed by atoms with Gasteiger partial charge in [-0.25, -0.2) is 0 Å². The molecule has 0 radical (unpaired) electrons. The van der Waals surface area contributed by atoms with Gasteiger partial charge in [0.15, 0.2) is 12.5 Å². The molecular formula is C22H27N4O2S+. The zero-order chi connectivity index (χ0) is 20.4. The number of quaternary nitrogens is 1. The summed E-state index contributed by atoms with van der Waals surface area (Å²) in [4.78, 5) is 1.30. The minimum atomic E-state index is -0.242. The van der Waals surface area contributed by atoms with E-state index in [4.69, 9.17) is 22.1 Å². The molecule has 1 unspecified atom stereocenters. The average molecular weight is 412 g/mol. The summed E-state index contributed by atoms with van der Waals surface area (Å²) in [5.41, 5.74) is 3.17. The summed E-state index contributed by atoms with van der Waals surface area (Å²) in [6.07, 6.45) is 1.66. The molecule has 2 N–H and O–H groups in total. The second kappa shape index (κ2) is 8.49. The molecule has 152 valence electrons. The van der Waals surface area contributed by atoms with Crippen LogP contribution in [-0.2, 0) is 6.67 Å². The highest BCUT2D eigenvalue weighted by Gasteiger charge is 2.23. The maximum atomic E-state index is 10.0. The fourth-order valence-electron chi connectivity index (χ4n) is 3.84. The van der Waals surface area contributed by atoms with Crippen molar-refractivity contribution in [3.8, 4) is 22.8 Å². The van der Waals surface area contributed by atoms with Gasteiger partial charge in [0.05, 0.1) is 13.7 Å². The van der Waals surface area contributed by atoms with Crippen LogP contribution in [0.3, 0.4) is 0 Å². The van der Waals surface area contributed by atoms with Gasteiger partial charge in [-0.1, -0.05) is 17.7 Å². The molecule has 2 heterocycles. The van der Waals surface area contributed by atoms with E-state index in [1.165, 1.54) is 10.5 Å². The number of nitrogens with one attached hydrogen (secondary N) is 1. The molecule has 2 aromatic carbocycles. The fourth-order valence-corrected chi connectivity index (χ4v) is 4.14. The Hall–Kier alpha value is -2.48. The van der Waals surface area contributed by atoms with E-state index < -0.39 is 0 Å². The van der Waals surface area contributed by atoms with Crippen LogP contribution in [0.5, 0.6) is 5.75 Å². The molecule has 0 bridgehead atoms. The van der Waals surface area contributed by atoms with Gasteiger partial charge in [0.25, 0.3) is 0 Å². The summed E-state index contributed by atoms with van der Waals surface area (Å²) in [7, 11) is 1.66. The predicted octanol–water partition coefficient (Wildman–Crippen LogP) is 2.38. The number of methoxy groups -OCH3 is 1. The van der Waals surface area contributed by atoms with E-state index in [1.807, 2.05) is 33.5 Å². The third-order valence-corrected chi connectivity index (χ3v) is 5.84. The SMILES string of the molecule is COc1ccc(-c2nn(C[NH+]3CCC[C@H](O)C3)c(=S)n2-c2ccc(C)cc2)cc1. The summed E-state index contributed by atoms with van der Waals surface area (Å²) in [5.74, 6) is 1.61. The summed E-state index contributed by atoms with van der Waals surface area (Å²) in [6, 6.07) is 16.2. The molecule has 1 fully saturated rings. The number of rotatable bonds is 5. The molecular weight excluding hydrogens is 384 g/mol. The van der Waals surface area contributed by atoms with Crippen LogP contribution in [-0.4, -0.2) is 45.8 Å². The maximum Gasteiger partial charge on any atom is 0.207 e. The summed E-state index contributed by atoms with van der Waals surface area (Å²) < 4.78 is 9.87. The van der Waals surface area contributed by atoms with Crippen molar-refractivity contribution in [3.05, 3.63) is 58.9 Å². The predicted molar refractivity (Wildman–Crippen MR) is 115 cm³/mol. The molecule has 3 aromatic rings. The van der Waals surface area contributed by atoms with E-state index in [2.05, 4.69) is 31.2 Å². The quantitative estimate of drug-likeness (QED) is 0.633. The molecule has 29 heavy (non-hydrogen) atoms. The van der Waals surface area contributed by atoms with Crippen molar-refractivity contribution in [2.45, 2.75) is 32.5 Å². The number of nitrogens with zero attached hydrogens (tertiary/aromatic N) is 3. The number of aliphatic hydroxyl groups excluding tert-OH is 1. The second-order valence-electron chi connectivity index (χ2n) is 7.66. The first kappa shape index (κ1) is 19.8. The molecule has 1 aliphatic heterocycles. The summed E-state index contributed by atoms with van der Waals surface area (Å²) in [5, 5.41) is 14.9. The van der Waals surface area contributed by atoms with E-state index in [0.29, 0.717) is 11.4 Å². The average Bonchev–Trinajstić information content (AvgIpc) is 3.05. The van der Waals surface area contributed by atoms with Crippen molar-refractivity contribution in [3.63, 3.8) is 0 Å². The third-order valence-electron chi connectivity index (χ3n) is 5.45. The van der Waals surface area contributed by atoms with Crippen molar-refractivity contribution in [1.82, 2.24) is 14.3 Å². The molecule has 0 saturated carbocycles. The van der Waals surface area contributed by atoms with Crippen molar-refractivity contribution in [1.29, 1.82) is 0 Å². The molecule has 6 nitrogen and oxygen atoms in total. The van der Waals surface area contributed by atoms with Gasteiger partial charge in [-0.05, 0) is 68.4 Å². The first-order chi connectivity index (χ1) is 14.0. The Kier molecular flexibility index (Phi) is 5.80. The number of hydrogen-bond acceptors (Lipinski definition) is 4. The fraction of sp³-hybridized carbons (Fsp3) is 0.364. The molecule has 2 atom stereocenters. The van der Waals surface area contributed by atoms with Gasteiger partial charge in [0.2, 0.25) is 4.77 Å². The summed E-state index contributed by atoms with van der Waals surface area (Å²) in [6.45, 7) is 4.48. The minimum Gasteiger partial charge on any atom is -0.497 e. The van der Waals surface area contributed by atoms with Crippen LogP contribution in [0.1, 0.15) is 18.4 Å². The third kappa shape index (κ3) is 4.27. The molecule has 7 heteroatoms. The minimum absolute atomic E-state index is 0.242. The molecule has 1 aromatic heterocycles. The lowest BCUT2D eigenvalue weighted by Gasteiger charge is -2.26. The number of hydrogen-bond donors (Lipinski definition) is 2. The number of benzene rings is 2. The Bertz CT molecular complexity index is 1020. The Morgan fingerprint density at radius 3 is 2.55 bits per heavy atom. The lowest BCUT2D eigenvalue weighted by molar-refractivity contribution is -0.931. The number of aryl methyl sites for hydroxylation is 1. The standard InChI is InChI=1S/C22H26N4O2S/c1-16-5-9-18(10-6-16)26-21(17-7-11-20(28-2)12-8-17)23-25(22(26)29)15-24-13-3-4-19(27)14-24/h5-12,19,27H,3-4,13-15H2,1-2H3/p+1/t19-/m0/s1. The van der Waals surface area contributed by atoms with E-state index in [0.717, 1.165) is 48.8 Å². The number of aromatic nitrogens is 3. The molecule has 4 rings (SSSR count). The van der Waals surface area contributed by atoms with Gasteiger partial charge < -0.3 is 14.7 Å². The molecule has 0 aliphatic carbocycles. The van der Waals surface area contributed by atoms with Crippen LogP contribution < -0.4 is 9.64 Å². The number of piperidine rings is 1. The number of likely N-dealkylation sites (tertiary alicyclic amines) is 1. The van der Waals surface area contributed by atoms with Gasteiger partial charge in [0.1, 0.15) is 18.4 Å². The van der Waals surface area contributed by atoms with Crippen LogP contribution in [0.2, 0.25) is 0 Å². The van der Waals surface area contributed by atoms with Crippen molar-refractivity contribution >= 4 is 12.2 Å². The van der Waals surface area contributed by atoms with E-state index >= 15 is 0 Å². The topological polar surface area (TPSA) is 56.6 Å². The highest BCUT2D eigenvalue weighted by molar-refractivity contribution is 7.71. The lowest BCUT2D eigenvalue weighted by Crippen LogP contribution is -3.13. The van der Waals surface area contributed by atoms with Crippen LogP contribution in [0.25, 0.3) is 17.1 Å². The Balaban J connectivity index is 1.77. The van der Waals surface area contributed by atoms with Crippen LogP contribution in [0.4, 0.5) is 0 Å². The normalized spacial score (nSPS) is 19.3. The molecule has 0 amide bonds. The van der Waals surface area contributed by atoms with Gasteiger partial charge in [-0.2, -0.15) is 4.68 Å². The molecule has 1 aliphatic rings. The monoisotopic (exact) mass is 411 g/mol. The number of aliphatic hydroxyl groups is 1. The Morgan fingerprint density at radius 1 is 1.17 bits per heavy atom. The van der Waals surface area contributed by atoms with Crippen molar-refractivity contribution in [2.24, 2.45) is 0 Å². The first-order valence-corrected chi connectivity index (χ1v) is 10.4. The van der Waals surface area contributed by atoms with Crippen LogP contribution >= 0.6 is 12.2 Å². The van der Waals surface area contributed by atoms with E-state index in [1.54, 1.807) is 7.11 Å². The largest absolute Gasteiger partial charge is 0.497 e. The van der Waals surface area contributed by atoms with Gasteiger partial charge in [-0.15, -0.1) is 5.10 Å². The van der Waals surface area contributed by atoms with Gasteiger partial charge in [0, 0.05) is 11.3 Å². The smallest absolute Gasteiger partial charge is 0.207 e. The summed E-state index contributed by atoms with van der Waals surface area (Å²) >= 11 is 5.84. The van der Waals surface area contributed by atoms with Gasteiger partial charge >= 0.3 is 0 Å². The lowest BCUT2D eigenvalue weighted by atomic mass is 10.1. The maximum absolute atomic E-state index is 10.0. The zero-order valence-electron chi connectivity index (χ0n) is 16.8. The van der Waals surface area contributed by atoms with E-state index in [-0.39, 0.29) is 6.10 Å². The van der Waals surface area contributed by atoms with Crippen LogP contribution in [0, 0.1) is 11.7 Å². The Labute approximate surface area is 176 Å². The zero-order valence-corrected chi connectivity index (χ0v) is 17.7. The number of ether oxygens (including phenoxy) is 1. The molecule has 0 spiro atoms. The molecule has 1 saturated heterocycles. The first-order valence-electron chi connectivity index (χ1n) is 9.98. The van der Waals surface area contributed by atoms with Gasteiger partial charge in [-0.3, -0.25) is 4.57 Å². The van der Waals surface area contributed by atoms with E-state index in [9.17, 15) is 5.11 Å². The van der Waals surface area contributed by atoms with Crippen molar-refractivity contribution in [2.75, 3.05) is 20.2 Å². The van der Waals surface area contributed by atoms with Crippen LogP contribution in [0.15, 0.2) is 48.5 Å².